The van der Waals surface area contributed by atoms with Gasteiger partial charge in [-0.15, -0.1) is 0 Å². The third kappa shape index (κ3) is 2.76. The summed E-state index contributed by atoms with van der Waals surface area (Å²) >= 11 is 6.28. The molecule has 6 heteroatoms. The Balaban J connectivity index is 1.66. The highest BCUT2D eigenvalue weighted by Gasteiger charge is 2.35. The number of nitrogens with zero attached hydrogens (tertiary/aromatic N) is 3. The van der Waals surface area contributed by atoms with Gasteiger partial charge in [0.1, 0.15) is 0 Å². The maximum atomic E-state index is 12.5. The molecule has 2 amide bonds. The second-order valence-electron chi connectivity index (χ2n) is 6.09. The Labute approximate surface area is 155 Å². The van der Waals surface area contributed by atoms with E-state index in [1.165, 1.54) is 11.1 Å². The van der Waals surface area contributed by atoms with Crippen molar-refractivity contribution in [1.29, 1.82) is 0 Å². The van der Waals surface area contributed by atoms with Gasteiger partial charge in [-0.05, 0) is 31.2 Å². The highest BCUT2D eigenvalue weighted by atomic mass is 35.5. The summed E-state index contributed by atoms with van der Waals surface area (Å²) in [5, 5.41) is 0.488. The molecular weight excluding hydrogens is 350 g/mol. The quantitative estimate of drug-likeness (QED) is 0.662. The van der Waals surface area contributed by atoms with Gasteiger partial charge in [-0.2, -0.15) is 0 Å². The van der Waals surface area contributed by atoms with Crippen molar-refractivity contribution in [2.45, 2.75) is 13.5 Å². The van der Waals surface area contributed by atoms with E-state index in [1.54, 1.807) is 36.5 Å². The van der Waals surface area contributed by atoms with E-state index in [9.17, 15) is 9.59 Å². The zero-order valence-corrected chi connectivity index (χ0v) is 14.7. The lowest BCUT2D eigenvalue weighted by atomic mass is 10.1. The zero-order valence-electron chi connectivity index (χ0n) is 13.9. The van der Waals surface area contributed by atoms with Gasteiger partial charge in [-0.25, -0.2) is 0 Å². The van der Waals surface area contributed by atoms with E-state index in [-0.39, 0.29) is 18.4 Å². The van der Waals surface area contributed by atoms with Crippen LogP contribution >= 0.6 is 11.6 Å². The van der Waals surface area contributed by atoms with E-state index < -0.39 is 0 Å². The summed E-state index contributed by atoms with van der Waals surface area (Å²) in [5.41, 5.74) is 3.96. The third-order valence-corrected chi connectivity index (χ3v) is 4.63. The Morgan fingerprint density at radius 1 is 0.923 bits per heavy atom. The molecule has 2 aromatic heterocycles. The highest BCUT2D eigenvalue weighted by Crippen LogP contribution is 2.29. The Hall–Kier alpha value is -3.05. The number of hydrogen-bond donors (Lipinski definition) is 0. The minimum atomic E-state index is -0.305. The molecule has 1 aromatic carbocycles. The van der Waals surface area contributed by atoms with Gasteiger partial charge >= 0.3 is 0 Å². The van der Waals surface area contributed by atoms with Crippen molar-refractivity contribution in [3.8, 4) is 11.1 Å². The van der Waals surface area contributed by atoms with Crippen LogP contribution in [-0.2, 0) is 6.54 Å². The SMILES string of the molecule is Cc1ccc(-c2cc(CN3C(=O)c4ccccc4C3=O)ncc2Cl)cn1. The molecule has 4 rings (SSSR count). The number of benzene rings is 1. The topological polar surface area (TPSA) is 63.2 Å². The predicted molar refractivity (Wildman–Crippen MR) is 97.9 cm³/mol. The molecule has 128 valence electrons. The number of carbonyl (C=O) groups is 2. The molecule has 3 aromatic rings. The second-order valence-corrected chi connectivity index (χ2v) is 6.49. The lowest BCUT2D eigenvalue weighted by Crippen LogP contribution is -2.29. The number of rotatable bonds is 3. The van der Waals surface area contributed by atoms with Crippen molar-refractivity contribution >= 4 is 23.4 Å². The van der Waals surface area contributed by atoms with E-state index in [4.69, 9.17) is 11.6 Å². The first kappa shape index (κ1) is 16.4. The van der Waals surface area contributed by atoms with Crippen molar-refractivity contribution < 1.29 is 9.59 Å². The molecule has 5 nitrogen and oxygen atoms in total. The summed E-state index contributed by atoms with van der Waals surface area (Å²) in [5.74, 6) is -0.609. The zero-order chi connectivity index (χ0) is 18.3. The minimum absolute atomic E-state index is 0.0931. The molecule has 0 spiro atoms. The standard InChI is InChI=1S/C20H14ClN3O2/c1-12-6-7-13(9-22-12)17-8-14(23-10-18(17)21)11-24-19(25)15-4-2-3-5-16(15)20(24)26/h2-10H,11H2,1H3. The summed E-state index contributed by atoms with van der Waals surface area (Å²) < 4.78 is 0. The number of halogens is 1. The molecule has 0 unspecified atom stereocenters. The van der Waals surface area contributed by atoms with Crippen LogP contribution in [0.2, 0.25) is 5.02 Å². The molecule has 0 N–H and O–H groups in total. The third-order valence-electron chi connectivity index (χ3n) is 4.33. The molecule has 1 aliphatic rings. The Morgan fingerprint density at radius 2 is 1.62 bits per heavy atom. The number of aryl methyl sites for hydroxylation is 1. The normalized spacial score (nSPS) is 13.2. The average Bonchev–Trinajstić information content (AvgIpc) is 2.89. The van der Waals surface area contributed by atoms with Gasteiger partial charge in [0.25, 0.3) is 11.8 Å². The number of fused-ring (bicyclic) bond motifs is 1. The van der Waals surface area contributed by atoms with E-state index in [0.717, 1.165) is 16.8 Å². The molecule has 0 radical (unpaired) electrons. The van der Waals surface area contributed by atoms with Crippen LogP contribution in [0.1, 0.15) is 32.1 Å². The maximum Gasteiger partial charge on any atom is 0.261 e. The number of imide groups is 1. The molecule has 0 atom stereocenters. The van der Waals surface area contributed by atoms with Gasteiger partial charge in [-0.3, -0.25) is 24.5 Å². The van der Waals surface area contributed by atoms with Gasteiger partial charge in [0.2, 0.25) is 0 Å². The van der Waals surface area contributed by atoms with Crippen molar-refractivity contribution in [3.63, 3.8) is 0 Å². The minimum Gasteiger partial charge on any atom is -0.269 e. The fourth-order valence-electron chi connectivity index (χ4n) is 2.96. The van der Waals surface area contributed by atoms with Gasteiger partial charge in [-0.1, -0.05) is 29.8 Å². The monoisotopic (exact) mass is 363 g/mol. The van der Waals surface area contributed by atoms with Crippen LogP contribution in [0, 0.1) is 6.92 Å². The first-order chi connectivity index (χ1) is 12.5. The van der Waals surface area contributed by atoms with Crippen molar-refractivity contribution in [2.75, 3.05) is 0 Å². The number of hydrogen-bond acceptors (Lipinski definition) is 4. The van der Waals surface area contributed by atoms with Crippen molar-refractivity contribution in [1.82, 2.24) is 14.9 Å². The van der Waals surface area contributed by atoms with Crippen LogP contribution in [0.5, 0.6) is 0 Å². The number of aromatic nitrogens is 2. The smallest absolute Gasteiger partial charge is 0.261 e. The Morgan fingerprint density at radius 3 is 2.23 bits per heavy atom. The summed E-state index contributed by atoms with van der Waals surface area (Å²) in [4.78, 5) is 34.8. The van der Waals surface area contributed by atoms with Crippen molar-refractivity contribution in [3.05, 3.63) is 82.4 Å². The first-order valence-corrected chi connectivity index (χ1v) is 8.45. The van der Waals surface area contributed by atoms with Crippen LogP contribution in [0.4, 0.5) is 0 Å². The van der Waals surface area contributed by atoms with Gasteiger partial charge < -0.3 is 0 Å². The lowest BCUT2D eigenvalue weighted by molar-refractivity contribution is 0.0640. The van der Waals surface area contributed by atoms with Gasteiger partial charge in [0, 0.05) is 29.2 Å². The number of amides is 2. The summed E-state index contributed by atoms with van der Waals surface area (Å²) in [6, 6.07) is 12.4. The molecule has 0 bridgehead atoms. The number of carbonyl (C=O) groups excluding carboxylic acids is 2. The number of pyridine rings is 2. The molecule has 0 fully saturated rings. The van der Waals surface area contributed by atoms with Crippen LogP contribution in [0.25, 0.3) is 11.1 Å². The average molecular weight is 364 g/mol. The Kier molecular flexibility index (Phi) is 4.01. The largest absolute Gasteiger partial charge is 0.269 e. The predicted octanol–water partition coefficient (Wildman–Crippen LogP) is 3.90. The van der Waals surface area contributed by atoms with E-state index in [1.807, 2.05) is 19.1 Å². The van der Waals surface area contributed by atoms with Gasteiger partial charge in [0.05, 0.1) is 28.4 Å². The molecular formula is C20H14ClN3O2. The molecule has 0 saturated heterocycles. The molecule has 0 aliphatic carbocycles. The van der Waals surface area contributed by atoms with E-state index >= 15 is 0 Å². The second kappa shape index (κ2) is 6.35. The van der Waals surface area contributed by atoms with Crippen LogP contribution in [0.15, 0.2) is 54.9 Å². The summed E-state index contributed by atoms with van der Waals surface area (Å²) in [6.45, 7) is 2.00. The highest BCUT2D eigenvalue weighted by molar-refractivity contribution is 6.33. The van der Waals surface area contributed by atoms with Crippen molar-refractivity contribution in [2.24, 2.45) is 0 Å². The first-order valence-electron chi connectivity index (χ1n) is 8.07. The molecule has 3 heterocycles. The van der Waals surface area contributed by atoms with Crippen LogP contribution in [-0.4, -0.2) is 26.7 Å². The Bertz CT molecular complexity index is 996. The fourth-order valence-corrected chi connectivity index (χ4v) is 3.17. The van der Waals surface area contributed by atoms with Crippen LogP contribution in [0.3, 0.4) is 0 Å². The molecule has 26 heavy (non-hydrogen) atoms. The molecule has 1 aliphatic heterocycles. The van der Waals surface area contributed by atoms with E-state index in [0.29, 0.717) is 21.8 Å². The summed E-state index contributed by atoms with van der Waals surface area (Å²) in [7, 11) is 0. The van der Waals surface area contributed by atoms with Gasteiger partial charge in [0.15, 0.2) is 0 Å². The van der Waals surface area contributed by atoms with Crippen LogP contribution < -0.4 is 0 Å². The summed E-state index contributed by atoms with van der Waals surface area (Å²) in [6.07, 6.45) is 3.27. The molecule has 0 saturated carbocycles. The maximum absolute atomic E-state index is 12.5. The van der Waals surface area contributed by atoms with E-state index in [2.05, 4.69) is 9.97 Å². The lowest BCUT2D eigenvalue weighted by Gasteiger charge is -2.14. The fraction of sp³-hybridized carbons (Fsp3) is 0.100.